The molecule has 0 fully saturated rings. The molecule has 0 saturated heterocycles. The van der Waals surface area contributed by atoms with E-state index in [4.69, 9.17) is 16.9 Å². The van der Waals surface area contributed by atoms with Crippen LogP contribution in [0.2, 0.25) is 5.02 Å². The molecular weight excluding hydrogens is 211 g/mol. The molecule has 1 aromatic rings. The molecule has 0 radical (unpaired) electrons. The van der Waals surface area contributed by atoms with E-state index >= 15 is 0 Å². The van der Waals surface area contributed by atoms with Crippen molar-refractivity contribution in [1.82, 2.24) is 0 Å². The summed E-state index contributed by atoms with van der Waals surface area (Å²) < 4.78 is 12.9. The van der Waals surface area contributed by atoms with Gasteiger partial charge < -0.3 is 0 Å². The van der Waals surface area contributed by atoms with E-state index in [2.05, 4.69) is 0 Å². The van der Waals surface area contributed by atoms with E-state index < -0.39 is 16.4 Å². The van der Waals surface area contributed by atoms with Crippen LogP contribution in [0.3, 0.4) is 0 Å². The Bertz CT molecular complexity index is 428. The summed E-state index contributed by atoms with van der Waals surface area (Å²) in [6.07, 6.45) is -0.0834. The van der Waals surface area contributed by atoms with Crippen molar-refractivity contribution in [2.45, 2.75) is 6.42 Å². The molecule has 0 spiro atoms. The second kappa shape index (κ2) is 4.03. The van der Waals surface area contributed by atoms with Crippen molar-refractivity contribution in [3.63, 3.8) is 0 Å². The third kappa shape index (κ3) is 1.98. The minimum absolute atomic E-state index is 0.0228. The number of nitro groups is 1. The number of benzene rings is 1. The highest BCUT2D eigenvalue weighted by molar-refractivity contribution is 6.31. The molecule has 4 nitrogen and oxygen atoms in total. The van der Waals surface area contributed by atoms with E-state index in [1.807, 2.05) is 0 Å². The summed E-state index contributed by atoms with van der Waals surface area (Å²) in [6, 6.07) is 3.59. The number of nitro benzene ring substituents is 1. The van der Waals surface area contributed by atoms with Gasteiger partial charge in [0.1, 0.15) is 0 Å². The Labute approximate surface area is 83.7 Å². The molecule has 0 unspecified atom stereocenters. The number of nitrogens with zero attached hydrogens (tertiary/aromatic N) is 2. The molecule has 0 amide bonds. The normalized spacial score (nSPS) is 9.50. The topological polar surface area (TPSA) is 66.9 Å². The van der Waals surface area contributed by atoms with Gasteiger partial charge in [-0.2, -0.15) is 9.65 Å². The Hall–Kier alpha value is -1.67. The molecule has 72 valence electrons. The molecule has 0 aliphatic rings. The first-order chi connectivity index (χ1) is 6.56. The molecule has 1 rings (SSSR count). The van der Waals surface area contributed by atoms with Crippen molar-refractivity contribution in [1.29, 1.82) is 5.26 Å². The van der Waals surface area contributed by atoms with Gasteiger partial charge in [0.15, 0.2) is 0 Å². The maximum Gasteiger partial charge on any atom is 0.305 e. The van der Waals surface area contributed by atoms with Crippen LogP contribution in [0, 0.1) is 27.3 Å². The average Bonchev–Trinajstić information content (AvgIpc) is 2.09. The van der Waals surface area contributed by atoms with Crippen LogP contribution in [0.5, 0.6) is 0 Å². The van der Waals surface area contributed by atoms with Gasteiger partial charge in [-0.25, -0.2) is 0 Å². The zero-order valence-electron chi connectivity index (χ0n) is 6.83. The monoisotopic (exact) mass is 214 g/mol. The lowest BCUT2D eigenvalue weighted by atomic mass is 10.1. The molecule has 1 aromatic carbocycles. The highest BCUT2D eigenvalue weighted by atomic mass is 35.5. The molecular formula is C8H4ClFN2O2. The van der Waals surface area contributed by atoms with E-state index in [1.165, 1.54) is 0 Å². The fourth-order valence-corrected chi connectivity index (χ4v) is 1.16. The molecule has 0 saturated carbocycles. The third-order valence-electron chi connectivity index (χ3n) is 1.58. The van der Waals surface area contributed by atoms with Gasteiger partial charge in [-0.15, -0.1) is 0 Å². The van der Waals surface area contributed by atoms with Crippen molar-refractivity contribution < 1.29 is 9.31 Å². The van der Waals surface area contributed by atoms with Gasteiger partial charge in [0, 0.05) is 11.1 Å². The second-order valence-electron chi connectivity index (χ2n) is 2.49. The van der Waals surface area contributed by atoms with Crippen LogP contribution >= 0.6 is 11.6 Å². The standard InChI is InChI=1S/C8H4ClFN2O2/c9-6-4-7(10)8(12(13)14)3-5(6)1-2-11/h3-4H,1H2. The SMILES string of the molecule is N#CCc1cc([N+](=O)[O-])c(F)cc1Cl. The van der Waals surface area contributed by atoms with Gasteiger partial charge in [-0.05, 0) is 11.6 Å². The lowest BCUT2D eigenvalue weighted by molar-refractivity contribution is -0.387. The van der Waals surface area contributed by atoms with Crippen LogP contribution in [0.15, 0.2) is 12.1 Å². The Balaban J connectivity index is 3.28. The maximum absolute atomic E-state index is 12.9. The molecule has 0 aliphatic heterocycles. The maximum atomic E-state index is 12.9. The van der Waals surface area contributed by atoms with Gasteiger partial charge in [0.25, 0.3) is 0 Å². The van der Waals surface area contributed by atoms with Gasteiger partial charge in [0.05, 0.1) is 17.4 Å². The minimum Gasteiger partial charge on any atom is -0.258 e. The van der Waals surface area contributed by atoms with Gasteiger partial charge in [0.2, 0.25) is 5.82 Å². The molecule has 0 aliphatic carbocycles. The minimum atomic E-state index is -0.998. The quantitative estimate of drug-likeness (QED) is 0.561. The van der Waals surface area contributed by atoms with Crippen LogP contribution in [0.25, 0.3) is 0 Å². The molecule has 0 atom stereocenters. The zero-order valence-corrected chi connectivity index (χ0v) is 7.58. The van der Waals surface area contributed by atoms with Crippen LogP contribution in [-0.4, -0.2) is 4.92 Å². The number of rotatable bonds is 2. The number of hydrogen-bond donors (Lipinski definition) is 0. The molecule has 0 bridgehead atoms. The first-order valence-corrected chi connectivity index (χ1v) is 3.93. The first kappa shape index (κ1) is 10.4. The van der Waals surface area contributed by atoms with E-state index in [0.717, 1.165) is 12.1 Å². The number of hydrogen-bond acceptors (Lipinski definition) is 3. The summed E-state index contributed by atoms with van der Waals surface area (Å²) in [5.74, 6) is -0.998. The highest BCUT2D eigenvalue weighted by Crippen LogP contribution is 2.25. The van der Waals surface area contributed by atoms with Gasteiger partial charge >= 0.3 is 5.69 Å². The summed E-state index contributed by atoms with van der Waals surface area (Å²) in [6.45, 7) is 0. The van der Waals surface area contributed by atoms with Crippen LogP contribution < -0.4 is 0 Å². The van der Waals surface area contributed by atoms with Crippen molar-refractivity contribution >= 4 is 17.3 Å². The summed E-state index contributed by atoms with van der Waals surface area (Å²) in [4.78, 5) is 9.47. The average molecular weight is 215 g/mol. The predicted octanol–water partition coefficient (Wildman–Crippen LogP) is 2.45. The Morgan fingerprint density at radius 2 is 2.29 bits per heavy atom. The van der Waals surface area contributed by atoms with Crippen LogP contribution in [0.4, 0.5) is 10.1 Å². The third-order valence-corrected chi connectivity index (χ3v) is 1.93. The molecule has 0 heterocycles. The van der Waals surface area contributed by atoms with Gasteiger partial charge in [-0.3, -0.25) is 10.1 Å². The Kier molecular flexibility index (Phi) is 2.99. The molecule has 6 heteroatoms. The Morgan fingerprint density at radius 1 is 1.64 bits per heavy atom. The van der Waals surface area contributed by atoms with Crippen LogP contribution in [-0.2, 0) is 6.42 Å². The highest BCUT2D eigenvalue weighted by Gasteiger charge is 2.17. The molecule has 0 N–H and O–H groups in total. The van der Waals surface area contributed by atoms with Crippen molar-refractivity contribution in [2.75, 3.05) is 0 Å². The van der Waals surface area contributed by atoms with Crippen molar-refractivity contribution in [3.05, 3.63) is 38.7 Å². The predicted molar refractivity (Wildman–Crippen MR) is 47.4 cm³/mol. The van der Waals surface area contributed by atoms with E-state index in [-0.39, 0.29) is 17.0 Å². The van der Waals surface area contributed by atoms with Crippen molar-refractivity contribution in [3.8, 4) is 6.07 Å². The van der Waals surface area contributed by atoms with E-state index in [1.54, 1.807) is 6.07 Å². The summed E-state index contributed by atoms with van der Waals surface area (Å²) in [7, 11) is 0. The smallest absolute Gasteiger partial charge is 0.258 e. The van der Waals surface area contributed by atoms with E-state index in [0.29, 0.717) is 0 Å². The summed E-state index contributed by atoms with van der Waals surface area (Å²) in [5.41, 5.74) is -0.415. The fraction of sp³-hybridized carbons (Fsp3) is 0.125. The largest absolute Gasteiger partial charge is 0.305 e. The Morgan fingerprint density at radius 3 is 2.79 bits per heavy atom. The lowest BCUT2D eigenvalue weighted by Gasteiger charge is -2.00. The lowest BCUT2D eigenvalue weighted by Crippen LogP contribution is -1.95. The van der Waals surface area contributed by atoms with Crippen LogP contribution in [0.1, 0.15) is 5.56 Å². The number of halogens is 2. The number of nitriles is 1. The molecule has 14 heavy (non-hydrogen) atoms. The zero-order chi connectivity index (χ0) is 10.7. The summed E-state index contributed by atoms with van der Waals surface area (Å²) >= 11 is 5.57. The van der Waals surface area contributed by atoms with Gasteiger partial charge in [-0.1, -0.05) is 11.6 Å². The van der Waals surface area contributed by atoms with E-state index in [9.17, 15) is 14.5 Å². The van der Waals surface area contributed by atoms with Crippen molar-refractivity contribution in [2.24, 2.45) is 0 Å². The second-order valence-corrected chi connectivity index (χ2v) is 2.89. The molecule has 0 aromatic heterocycles. The fourth-order valence-electron chi connectivity index (χ4n) is 0.941. The first-order valence-electron chi connectivity index (χ1n) is 3.55. The summed E-state index contributed by atoms with van der Waals surface area (Å²) in [5, 5.41) is 18.7.